The van der Waals surface area contributed by atoms with E-state index in [1.165, 1.54) is 11.3 Å². The maximum Gasteiger partial charge on any atom is 0.263 e. The molecule has 0 atom stereocenters. The fourth-order valence-electron chi connectivity index (χ4n) is 2.35. The van der Waals surface area contributed by atoms with Gasteiger partial charge in [-0.05, 0) is 45.2 Å². The SMILES string of the molecule is Cc1ccc(-c2nc(C)c(C(=O)NCC3(O)CCC3)s2)o1. The van der Waals surface area contributed by atoms with Crippen LogP contribution in [-0.2, 0) is 0 Å². The molecule has 1 aliphatic carbocycles. The van der Waals surface area contributed by atoms with E-state index in [0.29, 0.717) is 27.9 Å². The molecule has 2 N–H and O–H groups in total. The van der Waals surface area contributed by atoms with Crippen molar-refractivity contribution in [2.75, 3.05) is 6.54 Å². The van der Waals surface area contributed by atoms with Crippen LogP contribution in [0.2, 0.25) is 0 Å². The molecular weight excluding hydrogens is 288 g/mol. The van der Waals surface area contributed by atoms with Crippen molar-refractivity contribution >= 4 is 17.2 Å². The van der Waals surface area contributed by atoms with Crippen molar-refractivity contribution in [3.05, 3.63) is 28.5 Å². The van der Waals surface area contributed by atoms with Crippen molar-refractivity contribution in [2.45, 2.75) is 38.7 Å². The van der Waals surface area contributed by atoms with Gasteiger partial charge in [0, 0.05) is 6.54 Å². The number of rotatable bonds is 4. The normalized spacial score (nSPS) is 16.5. The zero-order valence-corrected chi connectivity index (χ0v) is 12.9. The zero-order valence-electron chi connectivity index (χ0n) is 12.1. The van der Waals surface area contributed by atoms with Crippen LogP contribution in [0.1, 0.15) is 40.4 Å². The summed E-state index contributed by atoms with van der Waals surface area (Å²) in [6, 6.07) is 3.73. The third kappa shape index (κ3) is 2.87. The Kier molecular flexibility index (Phi) is 3.59. The van der Waals surface area contributed by atoms with Gasteiger partial charge in [0.2, 0.25) is 0 Å². The lowest BCUT2D eigenvalue weighted by molar-refractivity contribution is -0.0300. The van der Waals surface area contributed by atoms with Crippen molar-refractivity contribution in [3.8, 4) is 10.8 Å². The Morgan fingerprint density at radius 1 is 1.48 bits per heavy atom. The summed E-state index contributed by atoms with van der Waals surface area (Å²) < 4.78 is 5.53. The van der Waals surface area contributed by atoms with Gasteiger partial charge in [0.25, 0.3) is 5.91 Å². The predicted octanol–water partition coefficient (Wildman–Crippen LogP) is 2.66. The number of aryl methyl sites for hydroxylation is 2. The van der Waals surface area contributed by atoms with Crippen LogP contribution in [0.3, 0.4) is 0 Å². The van der Waals surface area contributed by atoms with E-state index in [1.807, 2.05) is 26.0 Å². The molecule has 1 fully saturated rings. The summed E-state index contributed by atoms with van der Waals surface area (Å²) in [6.07, 6.45) is 2.53. The fourth-order valence-corrected chi connectivity index (χ4v) is 3.29. The summed E-state index contributed by atoms with van der Waals surface area (Å²) in [6.45, 7) is 3.98. The zero-order chi connectivity index (χ0) is 15.0. The number of nitrogens with zero attached hydrogens (tertiary/aromatic N) is 1. The number of nitrogens with one attached hydrogen (secondary N) is 1. The molecule has 1 amide bonds. The van der Waals surface area contributed by atoms with Crippen LogP contribution in [0.25, 0.3) is 10.8 Å². The Morgan fingerprint density at radius 3 is 2.81 bits per heavy atom. The first-order valence-corrected chi connectivity index (χ1v) is 7.83. The van der Waals surface area contributed by atoms with Gasteiger partial charge < -0.3 is 14.8 Å². The molecule has 2 aromatic rings. The monoisotopic (exact) mass is 306 g/mol. The minimum Gasteiger partial charge on any atom is -0.459 e. The highest BCUT2D eigenvalue weighted by molar-refractivity contribution is 7.17. The van der Waals surface area contributed by atoms with E-state index in [4.69, 9.17) is 4.42 Å². The molecule has 1 aliphatic rings. The molecule has 0 spiro atoms. The smallest absolute Gasteiger partial charge is 0.263 e. The summed E-state index contributed by atoms with van der Waals surface area (Å²) in [4.78, 5) is 17.2. The molecule has 0 aromatic carbocycles. The van der Waals surface area contributed by atoms with Crippen LogP contribution in [0.15, 0.2) is 16.5 Å². The molecule has 0 bridgehead atoms. The molecule has 2 heterocycles. The number of hydrogen-bond donors (Lipinski definition) is 2. The maximum atomic E-state index is 12.2. The second kappa shape index (κ2) is 5.27. The Balaban J connectivity index is 1.73. The summed E-state index contributed by atoms with van der Waals surface area (Å²) in [5, 5.41) is 13.5. The van der Waals surface area contributed by atoms with Gasteiger partial charge >= 0.3 is 0 Å². The number of aromatic nitrogens is 1. The van der Waals surface area contributed by atoms with Gasteiger partial charge in [0.15, 0.2) is 10.8 Å². The third-order valence-electron chi connectivity index (χ3n) is 3.82. The van der Waals surface area contributed by atoms with Gasteiger partial charge in [-0.25, -0.2) is 4.98 Å². The van der Waals surface area contributed by atoms with E-state index in [0.717, 1.165) is 25.0 Å². The van der Waals surface area contributed by atoms with E-state index in [1.54, 1.807) is 0 Å². The lowest BCUT2D eigenvalue weighted by Crippen LogP contribution is -2.47. The number of amides is 1. The van der Waals surface area contributed by atoms with Gasteiger partial charge in [-0.3, -0.25) is 4.79 Å². The van der Waals surface area contributed by atoms with Crippen LogP contribution in [0, 0.1) is 13.8 Å². The first kappa shape index (κ1) is 14.3. The van der Waals surface area contributed by atoms with E-state index in [2.05, 4.69) is 10.3 Å². The molecule has 5 nitrogen and oxygen atoms in total. The van der Waals surface area contributed by atoms with Gasteiger partial charge in [-0.1, -0.05) is 0 Å². The molecule has 2 aromatic heterocycles. The first-order chi connectivity index (χ1) is 9.97. The lowest BCUT2D eigenvalue weighted by Gasteiger charge is -2.36. The summed E-state index contributed by atoms with van der Waals surface area (Å²) in [7, 11) is 0. The molecule has 21 heavy (non-hydrogen) atoms. The summed E-state index contributed by atoms with van der Waals surface area (Å²) >= 11 is 1.31. The second-order valence-electron chi connectivity index (χ2n) is 5.60. The molecule has 6 heteroatoms. The maximum absolute atomic E-state index is 12.2. The fraction of sp³-hybridized carbons (Fsp3) is 0.467. The largest absolute Gasteiger partial charge is 0.459 e. The third-order valence-corrected chi connectivity index (χ3v) is 4.99. The molecular formula is C15H18N2O3S. The Bertz CT molecular complexity index is 670. The van der Waals surface area contributed by atoms with Crippen LogP contribution in [-0.4, -0.2) is 28.1 Å². The molecule has 112 valence electrons. The highest BCUT2D eigenvalue weighted by atomic mass is 32.1. The van der Waals surface area contributed by atoms with E-state index in [9.17, 15) is 9.90 Å². The summed E-state index contributed by atoms with van der Waals surface area (Å²) in [5.74, 6) is 1.31. The topological polar surface area (TPSA) is 75.4 Å². The average molecular weight is 306 g/mol. The molecule has 3 rings (SSSR count). The Hall–Kier alpha value is -1.66. The van der Waals surface area contributed by atoms with Crippen molar-refractivity contribution < 1.29 is 14.3 Å². The van der Waals surface area contributed by atoms with E-state index < -0.39 is 5.60 Å². The van der Waals surface area contributed by atoms with Crippen LogP contribution < -0.4 is 5.32 Å². The predicted molar refractivity (Wildman–Crippen MR) is 80.4 cm³/mol. The minimum atomic E-state index is -0.713. The molecule has 0 aliphatic heterocycles. The highest BCUT2D eigenvalue weighted by Gasteiger charge is 2.34. The van der Waals surface area contributed by atoms with Crippen molar-refractivity contribution in [3.63, 3.8) is 0 Å². The number of hydrogen-bond acceptors (Lipinski definition) is 5. The quantitative estimate of drug-likeness (QED) is 0.910. The standard InChI is InChI=1S/C15H18N2O3S/c1-9-4-5-11(20-9)14-17-10(2)12(21-14)13(18)16-8-15(19)6-3-7-15/h4-5,19H,3,6-8H2,1-2H3,(H,16,18). The molecule has 0 radical (unpaired) electrons. The van der Waals surface area contributed by atoms with Crippen molar-refractivity contribution in [1.29, 1.82) is 0 Å². The van der Waals surface area contributed by atoms with Crippen LogP contribution in [0.5, 0.6) is 0 Å². The van der Waals surface area contributed by atoms with Gasteiger partial charge in [-0.15, -0.1) is 11.3 Å². The van der Waals surface area contributed by atoms with Gasteiger partial charge in [-0.2, -0.15) is 0 Å². The average Bonchev–Trinajstić information content (AvgIpc) is 3.00. The van der Waals surface area contributed by atoms with Gasteiger partial charge in [0.05, 0.1) is 11.3 Å². The van der Waals surface area contributed by atoms with Crippen molar-refractivity contribution in [1.82, 2.24) is 10.3 Å². The number of thiazole rings is 1. The van der Waals surface area contributed by atoms with E-state index in [-0.39, 0.29) is 5.91 Å². The first-order valence-electron chi connectivity index (χ1n) is 7.02. The van der Waals surface area contributed by atoms with Crippen LogP contribution in [0.4, 0.5) is 0 Å². The number of furan rings is 1. The lowest BCUT2D eigenvalue weighted by atomic mass is 9.80. The van der Waals surface area contributed by atoms with Crippen molar-refractivity contribution in [2.24, 2.45) is 0 Å². The molecule has 0 unspecified atom stereocenters. The number of aliphatic hydroxyl groups is 1. The molecule has 0 saturated heterocycles. The Labute approximate surface area is 127 Å². The van der Waals surface area contributed by atoms with Gasteiger partial charge in [0.1, 0.15) is 10.6 Å². The molecule has 1 saturated carbocycles. The van der Waals surface area contributed by atoms with Crippen LogP contribution >= 0.6 is 11.3 Å². The Morgan fingerprint density at radius 2 is 2.24 bits per heavy atom. The summed E-state index contributed by atoms with van der Waals surface area (Å²) in [5.41, 5.74) is -0.0305. The second-order valence-corrected chi connectivity index (χ2v) is 6.60. The van der Waals surface area contributed by atoms with E-state index >= 15 is 0 Å². The number of carbonyl (C=O) groups excluding carboxylic acids is 1. The highest BCUT2D eigenvalue weighted by Crippen LogP contribution is 2.32. The number of carbonyl (C=O) groups is 1. The minimum absolute atomic E-state index is 0.181.